The summed E-state index contributed by atoms with van der Waals surface area (Å²) in [5.41, 5.74) is -0.0255. The fraction of sp³-hybridized carbons (Fsp3) is 0.250. The standard InChI is InChI=1S/C8H5ClF2O3S/c9-15(12,13)8-4-1-2-14-7(4)5(10)3-6(8)11/h3H,1-2H2. The fourth-order valence-corrected chi connectivity index (χ4v) is 2.82. The van der Waals surface area contributed by atoms with Gasteiger partial charge in [-0.15, -0.1) is 0 Å². The maximum atomic E-state index is 13.2. The predicted octanol–water partition coefficient (Wildman–Crippen LogP) is 1.83. The normalized spacial score (nSPS) is 14.9. The molecule has 0 bridgehead atoms. The third kappa shape index (κ3) is 1.68. The number of hydrogen-bond acceptors (Lipinski definition) is 3. The van der Waals surface area contributed by atoms with Crippen molar-refractivity contribution < 1.29 is 21.9 Å². The van der Waals surface area contributed by atoms with E-state index >= 15 is 0 Å². The van der Waals surface area contributed by atoms with Crippen molar-refractivity contribution in [2.45, 2.75) is 11.3 Å². The molecule has 0 aliphatic carbocycles. The molecule has 0 saturated carbocycles. The van der Waals surface area contributed by atoms with E-state index in [9.17, 15) is 17.2 Å². The quantitative estimate of drug-likeness (QED) is 0.718. The molecule has 15 heavy (non-hydrogen) atoms. The second-order valence-electron chi connectivity index (χ2n) is 3.01. The summed E-state index contributed by atoms with van der Waals surface area (Å²) in [6.45, 7) is 0.120. The zero-order valence-corrected chi connectivity index (χ0v) is 8.83. The molecule has 1 aromatic carbocycles. The first-order valence-corrected chi connectivity index (χ1v) is 6.30. The summed E-state index contributed by atoms with van der Waals surface area (Å²) in [6, 6.07) is 0.458. The Morgan fingerprint density at radius 3 is 2.60 bits per heavy atom. The van der Waals surface area contributed by atoms with Gasteiger partial charge in [-0.05, 0) is 0 Å². The second kappa shape index (κ2) is 3.31. The van der Waals surface area contributed by atoms with Gasteiger partial charge < -0.3 is 4.74 Å². The van der Waals surface area contributed by atoms with Crippen LogP contribution in [0, 0.1) is 11.6 Å². The third-order valence-electron chi connectivity index (χ3n) is 2.08. The Bertz CT molecular complexity index is 527. The lowest BCUT2D eigenvalue weighted by molar-refractivity contribution is 0.338. The van der Waals surface area contributed by atoms with Gasteiger partial charge in [0.15, 0.2) is 11.6 Å². The Morgan fingerprint density at radius 1 is 1.33 bits per heavy atom. The highest BCUT2D eigenvalue weighted by Crippen LogP contribution is 2.36. The van der Waals surface area contributed by atoms with E-state index in [-0.39, 0.29) is 24.3 Å². The van der Waals surface area contributed by atoms with Crippen LogP contribution in [0.5, 0.6) is 5.75 Å². The van der Waals surface area contributed by atoms with Gasteiger partial charge in [0.25, 0.3) is 9.05 Å². The number of hydrogen-bond donors (Lipinski definition) is 0. The van der Waals surface area contributed by atoms with Crippen molar-refractivity contribution in [2.75, 3.05) is 6.61 Å². The van der Waals surface area contributed by atoms with Gasteiger partial charge in [-0.2, -0.15) is 0 Å². The lowest BCUT2D eigenvalue weighted by Crippen LogP contribution is -2.01. The lowest BCUT2D eigenvalue weighted by atomic mass is 10.1. The third-order valence-corrected chi connectivity index (χ3v) is 3.47. The molecule has 2 rings (SSSR count). The molecule has 0 fully saturated rings. The van der Waals surface area contributed by atoms with E-state index in [0.717, 1.165) is 0 Å². The SMILES string of the molecule is O=S(=O)(Cl)c1c(F)cc(F)c2c1CCO2. The van der Waals surface area contributed by atoms with Gasteiger partial charge in [-0.25, -0.2) is 17.2 Å². The first-order chi connectivity index (χ1) is 6.91. The minimum absolute atomic E-state index is 0.0255. The maximum absolute atomic E-state index is 13.2. The number of ether oxygens (including phenoxy) is 1. The molecule has 0 spiro atoms. The zero-order valence-electron chi connectivity index (χ0n) is 7.26. The molecule has 1 aromatic rings. The average molecular weight is 255 g/mol. The summed E-state index contributed by atoms with van der Waals surface area (Å²) in [5.74, 6) is -2.33. The Morgan fingerprint density at radius 2 is 2.00 bits per heavy atom. The van der Waals surface area contributed by atoms with Crippen molar-refractivity contribution in [1.82, 2.24) is 0 Å². The first-order valence-electron chi connectivity index (χ1n) is 3.99. The van der Waals surface area contributed by atoms with E-state index in [1.807, 2.05) is 0 Å². The van der Waals surface area contributed by atoms with Crippen molar-refractivity contribution in [3.63, 3.8) is 0 Å². The molecular weight excluding hydrogens is 250 g/mol. The van der Waals surface area contributed by atoms with Crippen LogP contribution in [0.25, 0.3) is 0 Å². The van der Waals surface area contributed by atoms with E-state index in [1.165, 1.54) is 0 Å². The van der Waals surface area contributed by atoms with Gasteiger partial charge in [0.05, 0.1) is 6.61 Å². The van der Waals surface area contributed by atoms with Gasteiger partial charge >= 0.3 is 0 Å². The van der Waals surface area contributed by atoms with Crippen molar-refractivity contribution in [3.05, 3.63) is 23.3 Å². The largest absolute Gasteiger partial charge is 0.490 e. The van der Waals surface area contributed by atoms with E-state index < -0.39 is 25.6 Å². The van der Waals surface area contributed by atoms with Gasteiger partial charge in [0.1, 0.15) is 10.7 Å². The van der Waals surface area contributed by atoms with Crippen LogP contribution in [0.2, 0.25) is 0 Å². The molecule has 0 saturated heterocycles. The molecule has 1 aliphatic heterocycles. The highest BCUT2D eigenvalue weighted by molar-refractivity contribution is 8.13. The number of fused-ring (bicyclic) bond motifs is 1. The van der Waals surface area contributed by atoms with Crippen LogP contribution in [-0.4, -0.2) is 15.0 Å². The number of halogens is 3. The zero-order chi connectivity index (χ0) is 11.2. The van der Waals surface area contributed by atoms with Crippen molar-refractivity contribution >= 4 is 19.7 Å². The molecule has 1 aliphatic rings. The van der Waals surface area contributed by atoms with Crippen LogP contribution in [-0.2, 0) is 15.5 Å². The van der Waals surface area contributed by atoms with Crippen LogP contribution in [0.15, 0.2) is 11.0 Å². The Labute approximate surface area is 89.0 Å². The Hall–Kier alpha value is -0.880. The van der Waals surface area contributed by atoms with Crippen LogP contribution in [0.4, 0.5) is 8.78 Å². The molecule has 0 aromatic heterocycles. The Kier molecular flexibility index (Phi) is 2.35. The monoisotopic (exact) mass is 254 g/mol. The summed E-state index contributed by atoms with van der Waals surface area (Å²) >= 11 is 0. The van der Waals surface area contributed by atoms with Crippen LogP contribution >= 0.6 is 10.7 Å². The van der Waals surface area contributed by atoms with E-state index in [2.05, 4.69) is 0 Å². The summed E-state index contributed by atoms with van der Waals surface area (Å²) in [4.78, 5) is -0.682. The van der Waals surface area contributed by atoms with Crippen LogP contribution in [0.3, 0.4) is 0 Å². The summed E-state index contributed by atoms with van der Waals surface area (Å²) in [5, 5.41) is 0. The topological polar surface area (TPSA) is 43.4 Å². The first kappa shape index (κ1) is 10.6. The highest BCUT2D eigenvalue weighted by Gasteiger charge is 2.30. The molecule has 0 unspecified atom stereocenters. The fourth-order valence-electron chi connectivity index (χ4n) is 1.54. The molecule has 0 amide bonds. The lowest BCUT2D eigenvalue weighted by Gasteiger charge is -2.06. The maximum Gasteiger partial charge on any atom is 0.264 e. The van der Waals surface area contributed by atoms with E-state index in [1.54, 1.807) is 0 Å². The summed E-state index contributed by atoms with van der Waals surface area (Å²) < 4.78 is 53.4. The molecule has 82 valence electrons. The summed E-state index contributed by atoms with van der Waals surface area (Å²) in [7, 11) is 0.829. The molecular formula is C8H5ClF2O3S. The van der Waals surface area contributed by atoms with Gasteiger partial charge in [-0.1, -0.05) is 0 Å². The van der Waals surface area contributed by atoms with Crippen LogP contribution < -0.4 is 4.74 Å². The van der Waals surface area contributed by atoms with Gasteiger partial charge in [0.2, 0.25) is 0 Å². The van der Waals surface area contributed by atoms with Gasteiger partial charge in [0, 0.05) is 28.7 Å². The highest BCUT2D eigenvalue weighted by atomic mass is 35.7. The minimum atomic E-state index is -4.22. The molecule has 0 N–H and O–H groups in total. The molecule has 1 heterocycles. The average Bonchev–Trinajstić information content (AvgIpc) is 2.49. The molecule has 0 radical (unpaired) electrons. The van der Waals surface area contributed by atoms with Crippen molar-refractivity contribution in [1.29, 1.82) is 0 Å². The van der Waals surface area contributed by atoms with Gasteiger partial charge in [-0.3, -0.25) is 0 Å². The molecule has 7 heteroatoms. The van der Waals surface area contributed by atoms with Crippen molar-refractivity contribution in [2.24, 2.45) is 0 Å². The number of benzene rings is 1. The predicted molar refractivity (Wildman–Crippen MR) is 48.6 cm³/mol. The minimum Gasteiger partial charge on any atom is -0.490 e. The molecule has 3 nitrogen and oxygen atoms in total. The smallest absolute Gasteiger partial charge is 0.264 e. The number of rotatable bonds is 1. The van der Waals surface area contributed by atoms with E-state index in [0.29, 0.717) is 6.07 Å². The van der Waals surface area contributed by atoms with Crippen molar-refractivity contribution in [3.8, 4) is 5.75 Å². The molecule has 0 atom stereocenters. The van der Waals surface area contributed by atoms with E-state index in [4.69, 9.17) is 15.4 Å². The second-order valence-corrected chi connectivity index (χ2v) is 5.52. The Balaban J connectivity index is 2.82. The van der Waals surface area contributed by atoms with Crippen LogP contribution in [0.1, 0.15) is 5.56 Å². The summed E-state index contributed by atoms with van der Waals surface area (Å²) in [6.07, 6.45) is 0.130.